The summed E-state index contributed by atoms with van der Waals surface area (Å²) in [6.45, 7) is 5.60. The highest BCUT2D eigenvalue weighted by Crippen LogP contribution is 2.47. The molecule has 0 N–H and O–H groups in total. The maximum Gasteiger partial charge on any atom is 0.460 e. The molecule has 0 aromatic heterocycles. The lowest BCUT2D eigenvalue weighted by Gasteiger charge is -2.28. The molecule has 0 saturated heterocycles. The molecule has 0 heterocycles. The molecule has 0 aliphatic carbocycles. The van der Waals surface area contributed by atoms with Crippen molar-refractivity contribution in [3.05, 3.63) is 12.2 Å². The Balaban J connectivity index is 4.88. The van der Waals surface area contributed by atoms with Crippen LogP contribution in [0.1, 0.15) is 20.8 Å². The van der Waals surface area contributed by atoms with Gasteiger partial charge in [0.1, 0.15) is 0 Å². The van der Waals surface area contributed by atoms with Gasteiger partial charge in [0.15, 0.2) is 0 Å². The van der Waals surface area contributed by atoms with E-state index in [0.717, 1.165) is 0 Å². The zero-order valence-electron chi connectivity index (χ0n) is 12.9. The number of halogens is 7. The van der Waals surface area contributed by atoms with Crippen LogP contribution in [0.3, 0.4) is 0 Å². The van der Waals surface area contributed by atoms with Gasteiger partial charge in [-0.2, -0.15) is 30.7 Å². The third-order valence-electron chi connectivity index (χ3n) is 2.54. The Morgan fingerprint density at radius 2 is 1.33 bits per heavy atom. The van der Waals surface area contributed by atoms with Crippen molar-refractivity contribution in [3.63, 3.8) is 0 Å². The molecule has 0 fully saturated rings. The Hall–Kier alpha value is -1.81. The highest BCUT2D eigenvalue weighted by molar-refractivity contribution is 5.86. The lowest BCUT2D eigenvalue weighted by molar-refractivity contribution is -0.348. The summed E-state index contributed by atoms with van der Waals surface area (Å²) in [7, 11) is 0. The molecule has 24 heavy (non-hydrogen) atoms. The van der Waals surface area contributed by atoms with E-state index in [1.807, 2.05) is 0 Å². The first-order valence-corrected chi connectivity index (χ1v) is 6.28. The Kier molecular flexibility index (Phi) is 6.45. The Bertz CT molecular complexity index is 509. The van der Waals surface area contributed by atoms with Crippen molar-refractivity contribution in [3.8, 4) is 0 Å². The zero-order valence-corrected chi connectivity index (χ0v) is 12.9. The van der Waals surface area contributed by atoms with E-state index in [-0.39, 0.29) is 5.57 Å². The van der Waals surface area contributed by atoms with Gasteiger partial charge in [-0.25, -0.2) is 9.59 Å². The molecule has 0 aromatic carbocycles. The normalized spacial score (nSPS) is 13.4. The lowest BCUT2D eigenvalue weighted by atomic mass is 9.96. The smallest absolute Gasteiger partial charge is 0.460 e. The quantitative estimate of drug-likeness (QED) is 0.392. The van der Waals surface area contributed by atoms with Crippen molar-refractivity contribution < 1.29 is 49.8 Å². The molecule has 0 aromatic rings. The fourth-order valence-electron chi connectivity index (χ4n) is 1.08. The molecular weight excluding hydrogens is 353 g/mol. The van der Waals surface area contributed by atoms with Crippen LogP contribution in [0.25, 0.3) is 0 Å². The van der Waals surface area contributed by atoms with E-state index in [9.17, 15) is 40.3 Å². The van der Waals surface area contributed by atoms with Gasteiger partial charge in [0, 0.05) is 11.0 Å². The van der Waals surface area contributed by atoms with Crippen LogP contribution in [0.15, 0.2) is 12.2 Å². The number of carbonyl (C=O) groups excluding carboxylic acids is 2. The maximum absolute atomic E-state index is 13.0. The predicted molar refractivity (Wildman–Crippen MR) is 66.5 cm³/mol. The van der Waals surface area contributed by atoms with Crippen LogP contribution in [0.5, 0.6) is 0 Å². The molecule has 11 heteroatoms. The molecule has 0 aliphatic rings. The van der Waals surface area contributed by atoms with Gasteiger partial charge in [-0.1, -0.05) is 20.4 Å². The zero-order chi connectivity index (χ0) is 19.6. The van der Waals surface area contributed by atoms with Crippen LogP contribution in [-0.2, 0) is 19.1 Å². The first-order chi connectivity index (χ1) is 10.5. The van der Waals surface area contributed by atoms with Gasteiger partial charge in [0.2, 0.25) is 0 Å². The molecule has 0 spiro atoms. The second-order valence-corrected chi connectivity index (χ2v) is 5.74. The minimum Gasteiger partial charge on any atom is -0.462 e. The SMILES string of the molecule is C=C(C)C(=O)OCC(C)(C)COC(=O)C(F)(F)C(F)(F)C(F)(F)F. The van der Waals surface area contributed by atoms with Gasteiger partial charge in [-0.15, -0.1) is 0 Å². The third-order valence-corrected chi connectivity index (χ3v) is 2.54. The van der Waals surface area contributed by atoms with Gasteiger partial charge >= 0.3 is 30.0 Å². The van der Waals surface area contributed by atoms with Crippen LogP contribution in [0, 0.1) is 5.41 Å². The molecule has 0 bridgehead atoms. The summed E-state index contributed by atoms with van der Waals surface area (Å²) >= 11 is 0. The molecule has 0 radical (unpaired) electrons. The van der Waals surface area contributed by atoms with Crippen molar-refractivity contribution in [1.29, 1.82) is 0 Å². The second kappa shape index (κ2) is 6.98. The Labute approximate surface area is 132 Å². The van der Waals surface area contributed by atoms with Crippen LogP contribution in [0.2, 0.25) is 0 Å². The van der Waals surface area contributed by atoms with E-state index in [1.165, 1.54) is 20.8 Å². The van der Waals surface area contributed by atoms with Crippen molar-refractivity contribution in [2.24, 2.45) is 5.41 Å². The number of esters is 2. The maximum atomic E-state index is 13.0. The molecule has 140 valence electrons. The first kappa shape index (κ1) is 22.2. The molecule has 0 rings (SSSR count). The van der Waals surface area contributed by atoms with E-state index in [4.69, 9.17) is 0 Å². The number of alkyl halides is 7. The summed E-state index contributed by atoms with van der Waals surface area (Å²) in [5, 5.41) is 0. The van der Waals surface area contributed by atoms with Crippen molar-refractivity contribution in [2.75, 3.05) is 13.2 Å². The summed E-state index contributed by atoms with van der Waals surface area (Å²) < 4.78 is 95.8. The Morgan fingerprint density at radius 1 is 0.917 bits per heavy atom. The average molecular weight is 368 g/mol. The summed E-state index contributed by atoms with van der Waals surface area (Å²) in [5.41, 5.74) is -1.30. The third kappa shape index (κ3) is 5.10. The molecule has 0 aliphatic heterocycles. The molecule has 0 atom stereocenters. The fraction of sp³-hybridized carbons (Fsp3) is 0.692. The minimum atomic E-state index is -6.64. The van der Waals surface area contributed by atoms with Crippen LogP contribution in [0.4, 0.5) is 30.7 Å². The van der Waals surface area contributed by atoms with E-state index >= 15 is 0 Å². The largest absolute Gasteiger partial charge is 0.462 e. The van der Waals surface area contributed by atoms with Gasteiger partial charge in [-0.05, 0) is 6.92 Å². The average Bonchev–Trinajstić information content (AvgIpc) is 2.40. The molecular formula is C13H15F7O4. The predicted octanol–water partition coefficient (Wildman–Crippen LogP) is 3.51. The summed E-state index contributed by atoms with van der Waals surface area (Å²) in [6.07, 6.45) is -6.64. The fourth-order valence-corrected chi connectivity index (χ4v) is 1.08. The van der Waals surface area contributed by atoms with E-state index in [0.29, 0.717) is 0 Å². The van der Waals surface area contributed by atoms with E-state index in [2.05, 4.69) is 16.1 Å². The van der Waals surface area contributed by atoms with E-state index < -0.39 is 48.6 Å². The van der Waals surface area contributed by atoms with E-state index in [1.54, 1.807) is 0 Å². The number of ether oxygens (including phenoxy) is 2. The van der Waals surface area contributed by atoms with Gasteiger partial charge in [0.05, 0.1) is 13.2 Å². The van der Waals surface area contributed by atoms with Gasteiger partial charge in [-0.3, -0.25) is 0 Å². The highest BCUT2D eigenvalue weighted by Gasteiger charge is 2.77. The number of hydrogen-bond acceptors (Lipinski definition) is 4. The number of hydrogen-bond donors (Lipinski definition) is 0. The molecule has 0 unspecified atom stereocenters. The van der Waals surface area contributed by atoms with Crippen LogP contribution < -0.4 is 0 Å². The minimum absolute atomic E-state index is 0.0131. The molecule has 4 nitrogen and oxygen atoms in total. The second-order valence-electron chi connectivity index (χ2n) is 5.74. The standard InChI is InChI=1S/C13H15F7O4/c1-7(2)8(21)23-5-10(3,4)6-24-9(22)11(14,15)12(16,17)13(18,19)20/h1,5-6H2,2-4H3. The topological polar surface area (TPSA) is 52.6 Å². The van der Waals surface area contributed by atoms with Crippen molar-refractivity contribution >= 4 is 11.9 Å². The monoisotopic (exact) mass is 368 g/mol. The van der Waals surface area contributed by atoms with Gasteiger partial charge in [0.25, 0.3) is 0 Å². The lowest BCUT2D eigenvalue weighted by Crippen LogP contribution is -2.57. The van der Waals surface area contributed by atoms with Crippen molar-refractivity contribution in [2.45, 2.75) is 38.8 Å². The first-order valence-electron chi connectivity index (χ1n) is 6.28. The van der Waals surface area contributed by atoms with Crippen LogP contribution >= 0.6 is 0 Å². The summed E-state index contributed by atoms with van der Waals surface area (Å²) in [6, 6.07) is 0. The summed E-state index contributed by atoms with van der Waals surface area (Å²) in [5.74, 6) is -16.6. The van der Waals surface area contributed by atoms with Crippen molar-refractivity contribution in [1.82, 2.24) is 0 Å². The number of rotatable bonds is 7. The molecule has 0 saturated carbocycles. The molecule has 0 amide bonds. The highest BCUT2D eigenvalue weighted by atomic mass is 19.4. The Morgan fingerprint density at radius 3 is 1.71 bits per heavy atom. The summed E-state index contributed by atoms with van der Waals surface area (Å²) in [4.78, 5) is 22.1. The van der Waals surface area contributed by atoms with Crippen LogP contribution in [-0.4, -0.2) is 43.2 Å². The van der Waals surface area contributed by atoms with Gasteiger partial charge < -0.3 is 9.47 Å². The number of carbonyl (C=O) groups is 2.